The maximum atomic E-state index is 9.18. The second-order valence-corrected chi connectivity index (χ2v) is 1.22. The van der Waals surface area contributed by atoms with Gasteiger partial charge in [-0.05, 0) is 0 Å². The van der Waals surface area contributed by atoms with Crippen LogP contribution in [0.5, 0.6) is 0 Å². The van der Waals surface area contributed by atoms with Crippen molar-refractivity contribution in [1.29, 1.82) is 0 Å². The Hall–Kier alpha value is 0.933. The molecule has 0 fully saturated rings. The normalized spacial score (nSPS) is 8.00. The fourth-order valence-corrected chi connectivity index (χ4v) is 0. The summed E-state index contributed by atoms with van der Waals surface area (Å²) in [4.78, 5) is 18.4. The van der Waals surface area contributed by atoms with Gasteiger partial charge in [0.05, 0.1) is 0 Å². The van der Waals surface area contributed by atoms with Crippen LogP contribution in [0, 0.1) is 0 Å². The smallest absolute Gasteiger partial charge is 0.820 e. The molecule has 0 N–H and O–H groups in total. The van der Waals surface area contributed by atoms with Crippen LogP contribution >= 0.6 is 8.60 Å². The molecule has 32 valence electrons. The van der Waals surface area contributed by atoms with Crippen LogP contribution < -0.4 is 9.79 Å². The fraction of sp³-hybridized carbons (Fsp3) is 1.00. The third-order valence-corrected chi connectivity index (χ3v) is 0.447. The standard InChI is InChI=1S/CH3O3P.Zn/c1-4-5(2)3;/h1H3;/q-2;+2. The molecule has 0 aliphatic carbocycles. The van der Waals surface area contributed by atoms with E-state index in [0.717, 1.165) is 7.11 Å². The van der Waals surface area contributed by atoms with E-state index in [1.165, 1.54) is 0 Å². The minimum atomic E-state index is -2.60. The third-order valence-electron chi connectivity index (χ3n) is 0.149. The summed E-state index contributed by atoms with van der Waals surface area (Å²) >= 11 is 0. The van der Waals surface area contributed by atoms with Gasteiger partial charge in [-0.15, -0.1) is 0 Å². The van der Waals surface area contributed by atoms with E-state index in [-0.39, 0.29) is 19.5 Å². The Morgan fingerprint density at radius 2 is 1.67 bits per heavy atom. The first kappa shape index (κ1) is 10.0. The Balaban J connectivity index is 0. The molecule has 0 radical (unpaired) electrons. The molecule has 0 aliphatic rings. The van der Waals surface area contributed by atoms with Crippen molar-refractivity contribution in [1.82, 2.24) is 0 Å². The van der Waals surface area contributed by atoms with E-state index in [0.29, 0.717) is 0 Å². The average Bonchev–Trinajstić information content (AvgIpc) is 1.38. The average molecular weight is 159 g/mol. The van der Waals surface area contributed by atoms with Crippen LogP contribution in [0.4, 0.5) is 0 Å². The van der Waals surface area contributed by atoms with Gasteiger partial charge in [-0.2, -0.15) is 8.60 Å². The second-order valence-electron chi connectivity index (χ2n) is 0.406. The molecule has 0 spiro atoms. The van der Waals surface area contributed by atoms with Gasteiger partial charge in [-0.25, -0.2) is 0 Å². The largest absolute Gasteiger partial charge is 2.00 e. The van der Waals surface area contributed by atoms with E-state index in [4.69, 9.17) is 0 Å². The Morgan fingerprint density at radius 1 is 1.50 bits per heavy atom. The van der Waals surface area contributed by atoms with Crippen molar-refractivity contribution >= 4 is 8.60 Å². The molecule has 0 heterocycles. The van der Waals surface area contributed by atoms with Crippen molar-refractivity contribution in [2.75, 3.05) is 7.11 Å². The molecule has 0 rings (SSSR count). The molecule has 6 heavy (non-hydrogen) atoms. The second kappa shape index (κ2) is 5.93. The van der Waals surface area contributed by atoms with Gasteiger partial charge in [-0.3, -0.25) is 0 Å². The topological polar surface area (TPSA) is 55.3 Å². The molecule has 0 saturated heterocycles. The molecule has 0 atom stereocenters. The minimum Gasteiger partial charge on any atom is -0.820 e. The number of hydrogen-bond acceptors (Lipinski definition) is 3. The van der Waals surface area contributed by atoms with E-state index >= 15 is 0 Å². The Morgan fingerprint density at radius 3 is 1.67 bits per heavy atom. The first-order chi connectivity index (χ1) is 2.27. The van der Waals surface area contributed by atoms with Gasteiger partial charge >= 0.3 is 19.5 Å². The van der Waals surface area contributed by atoms with Gasteiger partial charge in [0.1, 0.15) is 0 Å². The summed E-state index contributed by atoms with van der Waals surface area (Å²) in [6, 6.07) is 0. The van der Waals surface area contributed by atoms with Gasteiger partial charge in [0, 0.05) is 7.11 Å². The SMILES string of the molecule is COP([O-])[O-].[Zn+2]. The van der Waals surface area contributed by atoms with Gasteiger partial charge in [-0.1, -0.05) is 0 Å². The molecule has 0 amide bonds. The summed E-state index contributed by atoms with van der Waals surface area (Å²) < 4.78 is 3.70. The summed E-state index contributed by atoms with van der Waals surface area (Å²) in [7, 11) is -1.50. The van der Waals surface area contributed by atoms with E-state index in [2.05, 4.69) is 4.52 Å². The van der Waals surface area contributed by atoms with Crippen LogP contribution in [0.3, 0.4) is 0 Å². The van der Waals surface area contributed by atoms with Crippen LogP contribution in [-0.2, 0) is 24.0 Å². The maximum Gasteiger partial charge on any atom is 2.00 e. The molecule has 0 aliphatic heterocycles. The minimum absolute atomic E-state index is 0. The molecule has 0 aromatic carbocycles. The molecule has 5 heteroatoms. The molecule has 0 unspecified atom stereocenters. The molecule has 0 saturated carbocycles. The third kappa shape index (κ3) is 8.87. The van der Waals surface area contributed by atoms with Crippen LogP contribution in [0.2, 0.25) is 0 Å². The maximum absolute atomic E-state index is 9.18. The molecule has 0 aromatic rings. The van der Waals surface area contributed by atoms with Gasteiger partial charge < -0.3 is 14.3 Å². The monoisotopic (exact) mass is 158 g/mol. The van der Waals surface area contributed by atoms with Gasteiger partial charge in [0.15, 0.2) is 0 Å². The summed E-state index contributed by atoms with van der Waals surface area (Å²) in [5.41, 5.74) is 0. The van der Waals surface area contributed by atoms with Crippen molar-refractivity contribution < 1.29 is 33.8 Å². The van der Waals surface area contributed by atoms with Crippen molar-refractivity contribution in [3.05, 3.63) is 0 Å². The van der Waals surface area contributed by atoms with Crippen molar-refractivity contribution in [2.45, 2.75) is 0 Å². The van der Waals surface area contributed by atoms with E-state index in [1.807, 2.05) is 0 Å². The Bertz CT molecular complexity index is 24.8. The first-order valence-electron chi connectivity index (χ1n) is 0.956. The molecular formula is CH3O3PZn. The Kier molecular flexibility index (Phi) is 9.92. The zero-order valence-electron chi connectivity index (χ0n) is 3.38. The Labute approximate surface area is 50.1 Å². The van der Waals surface area contributed by atoms with E-state index in [1.54, 1.807) is 0 Å². The molecular weight excluding hydrogens is 156 g/mol. The van der Waals surface area contributed by atoms with Crippen molar-refractivity contribution in [3.63, 3.8) is 0 Å². The summed E-state index contributed by atoms with van der Waals surface area (Å²) in [6.07, 6.45) is 0. The number of rotatable bonds is 1. The molecule has 0 bridgehead atoms. The van der Waals surface area contributed by atoms with Crippen LogP contribution in [0.1, 0.15) is 0 Å². The van der Waals surface area contributed by atoms with Gasteiger partial charge in [0.25, 0.3) is 0 Å². The first-order valence-corrected chi connectivity index (χ1v) is 2.05. The predicted molar refractivity (Wildman–Crippen MR) is 13.9 cm³/mol. The zero-order valence-corrected chi connectivity index (χ0v) is 7.24. The zero-order chi connectivity index (χ0) is 4.28. The van der Waals surface area contributed by atoms with Crippen LogP contribution in [0.25, 0.3) is 0 Å². The molecule has 0 aromatic heterocycles. The quantitative estimate of drug-likeness (QED) is 0.348. The van der Waals surface area contributed by atoms with Crippen LogP contribution in [0.15, 0.2) is 0 Å². The summed E-state index contributed by atoms with van der Waals surface area (Å²) in [5, 5.41) is 0. The summed E-state index contributed by atoms with van der Waals surface area (Å²) in [6.45, 7) is 0. The number of hydrogen-bond donors (Lipinski definition) is 0. The molecule has 3 nitrogen and oxygen atoms in total. The van der Waals surface area contributed by atoms with E-state index < -0.39 is 8.60 Å². The predicted octanol–water partition coefficient (Wildman–Crippen LogP) is -1.42. The van der Waals surface area contributed by atoms with E-state index in [9.17, 15) is 9.79 Å². The van der Waals surface area contributed by atoms with Crippen LogP contribution in [-0.4, -0.2) is 7.11 Å². The summed E-state index contributed by atoms with van der Waals surface area (Å²) in [5.74, 6) is 0. The van der Waals surface area contributed by atoms with Crippen molar-refractivity contribution in [2.24, 2.45) is 0 Å². The fourth-order valence-electron chi connectivity index (χ4n) is 0. The van der Waals surface area contributed by atoms with Gasteiger partial charge in [0.2, 0.25) is 0 Å². The van der Waals surface area contributed by atoms with Crippen molar-refractivity contribution in [3.8, 4) is 0 Å².